The van der Waals surface area contributed by atoms with Gasteiger partial charge in [-0.1, -0.05) is 24.3 Å². The van der Waals surface area contributed by atoms with E-state index in [0.29, 0.717) is 11.6 Å². The van der Waals surface area contributed by atoms with Crippen molar-refractivity contribution < 1.29 is 0 Å². The molecule has 0 bridgehead atoms. The van der Waals surface area contributed by atoms with Crippen molar-refractivity contribution in [1.82, 2.24) is 4.98 Å². The fourth-order valence-corrected chi connectivity index (χ4v) is 2.02. The summed E-state index contributed by atoms with van der Waals surface area (Å²) in [6.45, 7) is 4.31. The summed E-state index contributed by atoms with van der Waals surface area (Å²) in [5.74, 6) is 0. The Balaban J connectivity index is 2.40. The maximum Gasteiger partial charge on any atom is 0.0664 e. The zero-order chi connectivity index (χ0) is 10.2. The Bertz CT molecular complexity index is 370. The normalized spacial score (nSPS) is 17.9. The van der Waals surface area contributed by atoms with Gasteiger partial charge in [-0.25, -0.2) is 0 Å². The molecular weight excluding hydrogens is 196 g/mol. The number of halogens is 1. The van der Waals surface area contributed by atoms with Gasteiger partial charge in [-0.3, -0.25) is 4.98 Å². The van der Waals surface area contributed by atoms with E-state index in [1.807, 2.05) is 6.07 Å². The van der Waals surface area contributed by atoms with Crippen LogP contribution in [0.2, 0.25) is 5.02 Å². The van der Waals surface area contributed by atoms with Gasteiger partial charge in [-0.2, -0.15) is 0 Å². The molecular formula is C11H13ClN2. The number of hydrogen-bond donors (Lipinski definition) is 1. The molecule has 2 rings (SSSR count). The molecule has 1 aromatic heterocycles. The van der Waals surface area contributed by atoms with Crippen molar-refractivity contribution in [3.63, 3.8) is 0 Å². The van der Waals surface area contributed by atoms with Crippen molar-refractivity contribution in [3.05, 3.63) is 35.1 Å². The van der Waals surface area contributed by atoms with Gasteiger partial charge in [0.15, 0.2) is 0 Å². The third-order valence-corrected chi connectivity index (χ3v) is 3.13. The monoisotopic (exact) mass is 208 g/mol. The molecule has 1 fully saturated rings. The minimum atomic E-state index is 0.0663. The molecule has 2 nitrogen and oxygen atoms in total. The van der Waals surface area contributed by atoms with Crippen LogP contribution >= 0.6 is 11.6 Å². The van der Waals surface area contributed by atoms with Crippen LogP contribution in [0.1, 0.15) is 24.1 Å². The van der Waals surface area contributed by atoms with Crippen molar-refractivity contribution in [2.24, 2.45) is 5.73 Å². The van der Waals surface area contributed by atoms with Crippen molar-refractivity contribution in [2.75, 3.05) is 6.54 Å². The van der Waals surface area contributed by atoms with Gasteiger partial charge in [0.05, 0.1) is 10.7 Å². The summed E-state index contributed by atoms with van der Waals surface area (Å²) in [5.41, 5.74) is 7.69. The van der Waals surface area contributed by atoms with Crippen LogP contribution < -0.4 is 5.73 Å². The molecule has 14 heavy (non-hydrogen) atoms. The minimum absolute atomic E-state index is 0.0663. The second-order valence-corrected chi connectivity index (χ2v) is 4.19. The van der Waals surface area contributed by atoms with E-state index in [0.717, 1.165) is 24.1 Å². The Kier molecular flexibility index (Phi) is 2.33. The number of nitrogens with two attached hydrogens (primary N) is 1. The summed E-state index contributed by atoms with van der Waals surface area (Å²) in [7, 11) is 0. The van der Waals surface area contributed by atoms with Gasteiger partial charge < -0.3 is 5.73 Å². The zero-order valence-electron chi connectivity index (χ0n) is 7.96. The van der Waals surface area contributed by atoms with Crippen LogP contribution in [0.4, 0.5) is 0 Å². The van der Waals surface area contributed by atoms with Crippen molar-refractivity contribution in [3.8, 4) is 0 Å². The number of nitrogens with zero attached hydrogens (tertiary/aromatic N) is 1. The van der Waals surface area contributed by atoms with Crippen LogP contribution in [0.25, 0.3) is 6.08 Å². The highest BCUT2D eigenvalue weighted by atomic mass is 35.5. The lowest BCUT2D eigenvalue weighted by atomic mass is 10.0. The Morgan fingerprint density at radius 3 is 2.79 bits per heavy atom. The second kappa shape index (κ2) is 3.37. The molecule has 0 saturated heterocycles. The fourth-order valence-electron chi connectivity index (χ4n) is 1.64. The summed E-state index contributed by atoms with van der Waals surface area (Å²) >= 11 is 6.15. The molecule has 1 heterocycles. The molecule has 1 aromatic rings. The average Bonchev–Trinajstić information content (AvgIpc) is 2.98. The molecule has 0 aliphatic heterocycles. The highest BCUT2D eigenvalue weighted by Crippen LogP contribution is 2.48. The lowest BCUT2D eigenvalue weighted by Gasteiger charge is -2.13. The third kappa shape index (κ3) is 1.45. The quantitative estimate of drug-likeness (QED) is 0.829. The van der Waals surface area contributed by atoms with E-state index in [9.17, 15) is 0 Å². The molecule has 1 aliphatic rings. The average molecular weight is 209 g/mol. The van der Waals surface area contributed by atoms with Crippen LogP contribution in [0.5, 0.6) is 0 Å². The van der Waals surface area contributed by atoms with Crippen molar-refractivity contribution >= 4 is 17.7 Å². The first-order valence-electron chi connectivity index (χ1n) is 4.70. The summed E-state index contributed by atoms with van der Waals surface area (Å²) in [6, 6.07) is 1.90. The van der Waals surface area contributed by atoms with Crippen LogP contribution in [-0.2, 0) is 5.41 Å². The van der Waals surface area contributed by atoms with Crippen LogP contribution in [-0.4, -0.2) is 11.5 Å². The molecule has 0 spiro atoms. The number of rotatable bonds is 3. The lowest BCUT2D eigenvalue weighted by Crippen LogP contribution is -2.21. The summed E-state index contributed by atoms with van der Waals surface area (Å²) < 4.78 is 0. The van der Waals surface area contributed by atoms with Crippen LogP contribution in [0, 0.1) is 0 Å². The third-order valence-electron chi connectivity index (χ3n) is 2.84. The first kappa shape index (κ1) is 9.69. The van der Waals surface area contributed by atoms with Crippen molar-refractivity contribution in [1.29, 1.82) is 0 Å². The Morgan fingerprint density at radius 2 is 2.36 bits per heavy atom. The fraction of sp³-hybridized carbons (Fsp3) is 0.364. The Morgan fingerprint density at radius 1 is 1.64 bits per heavy atom. The molecule has 1 saturated carbocycles. The molecule has 1 aliphatic carbocycles. The summed E-state index contributed by atoms with van der Waals surface area (Å²) in [4.78, 5) is 4.37. The standard InChI is InChI=1S/C11H13ClN2/c1-2-8-5-9(12)10(14-6-8)11(7-13)3-4-11/h2,5-6H,1,3-4,7,13H2. The van der Waals surface area contributed by atoms with Gasteiger partial charge in [0, 0.05) is 18.2 Å². The largest absolute Gasteiger partial charge is 0.330 e. The molecule has 0 radical (unpaired) electrons. The number of aromatic nitrogens is 1. The van der Waals surface area contributed by atoms with E-state index in [1.54, 1.807) is 12.3 Å². The Hall–Kier alpha value is -0.860. The summed E-state index contributed by atoms with van der Waals surface area (Å²) in [6.07, 6.45) is 5.74. The van der Waals surface area contributed by atoms with Gasteiger partial charge in [-0.15, -0.1) is 0 Å². The van der Waals surface area contributed by atoms with Gasteiger partial charge in [0.2, 0.25) is 0 Å². The molecule has 74 valence electrons. The van der Waals surface area contributed by atoms with E-state index in [-0.39, 0.29) is 5.41 Å². The second-order valence-electron chi connectivity index (χ2n) is 3.79. The predicted molar refractivity (Wildman–Crippen MR) is 59.3 cm³/mol. The molecule has 0 amide bonds. The van der Waals surface area contributed by atoms with Gasteiger partial charge in [-0.05, 0) is 24.5 Å². The minimum Gasteiger partial charge on any atom is -0.330 e. The SMILES string of the molecule is C=Cc1cnc(C2(CN)CC2)c(Cl)c1. The first-order valence-corrected chi connectivity index (χ1v) is 5.08. The van der Waals surface area contributed by atoms with Gasteiger partial charge in [0.1, 0.15) is 0 Å². The van der Waals surface area contributed by atoms with Gasteiger partial charge >= 0.3 is 0 Å². The topological polar surface area (TPSA) is 38.9 Å². The van der Waals surface area contributed by atoms with E-state index < -0.39 is 0 Å². The lowest BCUT2D eigenvalue weighted by molar-refractivity contribution is 0.678. The first-order chi connectivity index (χ1) is 6.72. The highest BCUT2D eigenvalue weighted by molar-refractivity contribution is 6.31. The smallest absolute Gasteiger partial charge is 0.0664 e. The van der Waals surface area contributed by atoms with Crippen LogP contribution in [0.3, 0.4) is 0 Å². The molecule has 0 unspecified atom stereocenters. The van der Waals surface area contributed by atoms with Gasteiger partial charge in [0.25, 0.3) is 0 Å². The maximum atomic E-state index is 6.15. The molecule has 3 heteroatoms. The molecule has 0 aromatic carbocycles. The van der Waals surface area contributed by atoms with E-state index in [1.165, 1.54) is 0 Å². The zero-order valence-corrected chi connectivity index (χ0v) is 8.72. The summed E-state index contributed by atoms with van der Waals surface area (Å²) in [5, 5.41) is 0.713. The predicted octanol–water partition coefficient (Wildman–Crippen LogP) is 2.37. The van der Waals surface area contributed by atoms with E-state index in [2.05, 4.69) is 11.6 Å². The van der Waals surface area contributed by atoms with E-state index in [4.69, 9.17) is 17.3 Å². The van der Waals surface area contributed by atoms with Crippen LogP contribution in [0.15, 0.2) is 18.8 Å². The Labute approximate surface area is 88.8 Å². The number of pyridine rings is 1. The number of hydrogen-bond acceptors (Lipinski definition) is 2. The molecule has 2 N–H and O–H groups in total. The van der Waals surface area contributed by atoms with E-state index >= 15 is 0 Å². The highest BCUT2D eigenvalue weighted by Gasteiger charge is 2.45. The molecule has 0 atom stereocenters. The van der Waals surface area contributed by atoms with Crippen molar-refractivity contribution in [2.45, 2.75) is 18.3 Å². The maximum absolute atomic E-state index is 6.15.